The fourth-order valence-corrected chi connectivity index (χ4v) is 0.620. The van der Waals surface area contributed by atoms with Crippen molar-refractivity contribution in [3.05, 3.63) is 0 Å². The van der Waals surface area contributed by atoms with E-state index in [4.69, 9.17) is 10.3 Å². The summed E-state index contributed by atoms with van der Waals surface area (Å²) in [6.07, 6.45) is 0. The first kappa shape index (κ1) is 9.89. The molecule has 1 unspecified atom stereocenters. The summed E-state index contributed by atoms with van der Waals surface area (Å²) in [5.41, 5.74) is 5.07. The molecule has 0 aliphatic rings. The molecule has 5 nitrogen and oxygen atoms in total. The quantitative estimate of drug-likeness (QED) is 0.384. The van der Waals surface area contributed by atoms with Crippen molar-refractivity contribution in [3.8, 4) is 0 Å². The van der Waals surface area contributed by atoms with E-state index in [1.54, 1.807) is 0 Å². The monoisotopic (exact) mass is 185 g/mol. The minimum Gasteiger partial charge on any atom is -0.342 e. The van der Waals surface area contributed by atoms with Gasteiger partial charge in [-0.05, 0) is 0 Å². The summed E-state index contributed by atoms with van der Waals surface area (Å²) >= 11 is 1.09. The topological polar surface area (TPSA) is 89.6 Å². The van der Waals surface area contributed by atoms with Crippen molar-refractivity contribution < 1.29 is 17.7 Å². The van der Waals surface area contributed by atoms with Crippen molar-refractivity contribution >= 4 is 30.0 Å². The number of carbonyl (C=O) groups excluding carboxylic acids is 1. The van der Waals surface area contributed by atoms with Crippen LogP contribution in [-0.2, 0) is 20.3 Å². The maximum Gasteiger partial charge on any atom is 0.360 e. The lowest BCUT2D eigenvalue weighted by atomic mass is 10.4. The SMILES string of the molecule is N[C@H](CS)C(=O)OS(=O)O. The highest BCUT2D eigenvalue weighted by Gasteiger charge is 2.14. The molecule has 0 heterocycles. The Hall–Kier alpha value is -0.110. The van der Waals surface area contributed by atoms with Crippen molar-refractivity contribution in [2.75, 3.05) is 5.75 Å². The summed E-state index contributed by atoms with van der Waals surface area (Å²) in [4.78, 5) is 10.4. The average molecular weight is 185 g/mol. The number of thiol groups is 1. The molecular formula is C3H7NO4S2. The van der Waals surface area contributed by atoms with Gasteiger partial charge in [0.25, 0.3) is 0 Å². The molecule has 0 saturated heterocycles. The summed E-state index contributed by atoms with van der Waals surface area (Å²) in [6.45, 7) is 0. The molecule has 0 aromatic carbocycles. The molecule has 3 N–H and O–H groups in total. The zero-order valence-corrected chi connectivity index (χ0v) is 6.60. The third kappa shape index (κ3) is 3.83. The molecule has 0 bridgehead atoms. The predicted molar refractivity (Wildman–Crippen MR) is 38.7 cm³/mol. The van der Waals surface area contributed by atoms with Crippen LogP contribution in [0.15, 0.2) is 0 Å². The van der Waals surface area contributed by atoms with Crippen LogP contribution in [0.3, 0.4) is 0 Å². The maximum atomic E-state index is 10.4. The molecule has 60 valence electrons. The van der Waals surface area contributed by atoms with E-state index >= 15 is 0 Å². The Morgan fingerprint density at radius 1 is 1.90 bits per heavy atom. The van der Waals surface area contributed by atoms with Gasteiger partial charge in [-0.2, -0.15) is 16.8 Å². The Balaban J connectivity index is 3.73. The number of nitrogens with two attached hydrogens (primary N) is 1. The zero-order valence-electron chi connectivity index (χ0n) is 4.89. The van der Waals surface area contributed by atoms with Crippen LogP contribution in [-0.4, -0.2) is 26.5 Å². The van der Waals surface area contributed by atoms with Crippen LogP contribution < -0.4 is 5.73 Å². The van der Waals surface area contributed by atoms with Gasteiger partial charge in [-0.15, -0.1) is 0 Å². The Bertz CT molecular complexity index is 149. The number of hydrogen-bond donors (Lipinski definition) is 3. The summed E-state index contributed by atoms with van der Waals surface area (Å²) in [5, 5.41) is 0. The Morgan fingerprint density at radius 3 is 2.70 bits per heavy atom. The van der Waals surface area contributed by atoms with Crippen molar-refractivity contribution in [2.45, 2.75) is 6.04 Å². The van der Waals surface area contributed by atoms with Crippen molar-refractivity contribution in [3.63, 3.8) is 0 Å². The Kier molecular flexibility index (Phi) is 4.62. The molecule has 0 rings (SSSR count). The molecule has 0 radical (unpaired) electrons. The first-order valence-corrected chi connectivity index (χ1v) is 3.93. The number of rotatable bonds is 3. The van der Waals surface area contributed by atoms with Gasteiger partial charge in [0.15, 0.2) is 0 Å². The van der Waals surface area contributed by atoms with Gasteiger partial charge in [0.05, 0.1) is 0 Å². The van der Waals surface area contributed by atoms with Crippen molar-refractivity contribution in [2.24, 2.45) is 5.73 Å². The standard InChI is InChI=1S/C3H7NO4S2/c4-2(1-9)3(5)8-10(6)7/h2,9H,1,4H2,(H,6,7)/t2-/m1/s1. The fraction of sp³-hybridized carbons (Fsp3) is 0.667. The minimum absolute atomic E-state index is 0.0794. The molecule has 0 spiro atoms. The lowest BCUT2D eigenvalue weighted by Crippen LogP contribution is -2.34. The molecule has 7 heteroatoms. The van der Waals surface area contributed by atoms with Gasteiger partial charge in [0.1, 0.15) is 6.04 Å². The molecule has 0 aliphatic carbocycles. The van der Waals surface area contributed by atoms with Crippen LogP contribution >= 0.6 is 12.6 Å². The van der Waals surface area contributed by atoms with Crippen LogP contribution in [0.5, 0.6) is 0 Å². The minimum atomic E-state index is -2.58. The molecule has 0 aliphatic heterocycles. The summed E-state index contributed by atoms with van der Waals surface area (Å²) in [7, 11) is 0. The fourth-order valence-electron chi connectivity index (χ4n) is 0.207. The third-order valence-corrected chi connectivity index (χ3v) is 1.35. The van der Waals surface area contributed by atoms with E-state index in [0.29, 0.717) is 0 Å². The molecule has 2 atom stereocenters. The van der Waals surface area contributed by atoms with E-state index < -0.39 is 23.4 Å². The first-order chi connectivity index (χ1) is 4.57. The molecule has 0 aromatic heterocycles. The molecule has 0 aromatic rings. The van der Waals surface area contributed by atoms with Gasteiger partial charge in [0, 0.05) is 5.75 Å². The van der Waals surface area contributed by atoms with Crippen LogP contribution in [0, 0.1) is 0 Å². The summed E-state index contributed by atoms with van der Waals surface area (Å²) in [6, 6.07) is -0.945. The number of carbonyl (C=O) groups is 1. The second-order valence-corrected chi connectivity index (χ2v) is 2.37. The van der Waals surface area contributed by atoms with Gasteiger partial charge < -0.3 is 9.92 Å². The molecule has 0 amide bonds. The zero-order chi connectivity index (χ0) is 8.15. The van der Waals surface area contributed by atoms with E-state index in [1.165, 1.54) is 0 Å². The van der Waals surface area contributed by atoms with Gasteiger partial charge in [0.2, 0.25) is 0 Å². The van der Waals surface area contributed by atoms with Gasteiger partial charge in [-0.3, -0.25) is 4.55 Å². The van der Waals surface area contributed by atoms with E-state index in [9.17, 15) is 9.00 Å². The normalized spacial score (nSPS) is 15.9. The van der Waals surface area contributed by atoms with E-state index in [2.05, 4.69) is 16.8 Å². The lowest BCUT2D eigenvalue weighted by molar-refractivity contribution is -0.134. The van der Waals surface area contributed by atoms with Crippen molar-refractivity contribution in [1.29, 1.82) is 0 Å². The Morgan fingerprint density at radius 2 is 2.40 bits per heavy atom. The summed E-state index contributed by atoms with van der Waals surface area (Å²) in [5.74, 6) is -0.855. The van der Waals surface area contributed by atoms with Crippen LogP contribution in [0.2, 0.25) is 0 Å². The van der Waals surface area contributed by atoms with Crippen LogP contribution in [0.4, 0.5) is 0 Å². The lowest BCUT2D eigenvalue weighted by Gasteiger charge is -2.03. The highest BCUT2D eigenvalue weighted by molar-refractivity contribution is 7.80. The predicted octanol–water partition coefficient (Wildman–Crippen LogP) is -1.08. The van der Waals surface area contributed by atoms with E-state index in [0.717, 1.165) is 0 Å². The summed E-state index contributed by atoms with van der Waals surface area (Å²) < 4.78 is 21.7. The van der Waals surface area contributed by atoms with E-state index in [-0.39, 0.29) is 5.75 Å². The molecule has 0 fully saturated rings. The second-order valence-electron chi connectivity index (χ2n) is 1.41. The third-order valence-electron chi connectivity index (χ3n) is 0.653. The highest BCUT2D eigenvalue weighted by Crippen LogP contribution is 1.89. The van der Waals surface area contributed by atoms with Gasteiger partial charge in [-0.25, -0.2) is 4.79 Å². The largest absolute Gasteiger partial charge is 0.360 e. The molecular weight excluding hydrogens is 178 g/mol. The van der Waals surface area contributed by atoms with Crippen molar-refractivity contribution in [1.82, 2.24) is 0 Å². The first-order valence-electron chi connectivity index (χ1n) is 2.27. The van der Waals surface area contributed by atoms with Crippen LogP contribution in [0.1, 0.15) is 0 Å². The molecule has 0 saturated carbocycles. The van der Waals surface area contributed by atoms with Gasteiger partial charge >= 0.3 is 17.3 Å². The Labute approximate surface area is 65.8 Å². The van der Waals surface area contributed by atoms with Crippen LogP contribution in [0.25, 0.3) is 0 Å². The highest BCUT2D eigenvalue weighted by atomic mass is 32.2. The smallest absolute Gasteiger partial charge is 0.342 e. The van der Waals surface area contributed by atoms with E-state index in [1.807, 2.05) is 0 Å². The molecule has 10 heavy (non-hydrogen) atoms. The average Bonchev–Trinajstić information content (AvgIpc) is 1.85. The number of hydrogen-bond acceptors (Lipinski definition) is 5. The maximum absolute atomic E-state index is 10.4. The van der Waals surface area contributed by atoms with Gasteiger partial charge in [-0.1, -0.05) is 0 Å². The second kappa shape index (κ2) is 4.67.